The standard InChI is InChI=1S/C23H19ClN2O2S/c1-2-28-19-12-10-18(11-13-19)26-22(27)20-8-3-4-9-21(20)25-23(26)29-15-16-6-5-7-17(24)14-16/h3-14H,2,15H2,1H3. The Morgan fingerprint density at radius 2 is 1.83 bits per heavy atom. The Kier molecular flexibility index (Phi) is 5.88. The minimum Gasteiger partial charge on any atom is -0.494 e. The molecule has 0 aliphatic heterocycles. The van der Waals surface area contributed by atoms with Gasteiger partial charge in [-0.15, -0.1) is 0 Å². The van der Waals surface area contributed by atoms with Crippen LogP contribution in [0.3, 0.4) is 0 Å². The Morgan fingerprint density at radius 1 is 1.03 bits per heavy atom. The molecule has 0 atom stereocenters. The molecule has 0 radical (unpaired) electrons. The van der Waals surface area contributed by atoms with Gasteiger partial charge in [-0.2, -0.15) is 0 Å². The highest BCUT2D eigenvalue weighted by molar-refractivity contribution is 7.98. The summed E-state index contributed by atoms with van der Waals surface area (Å²) in [5, 5.41) is 1.92. The second-order valence-electron chi connectivity index (χ2n) is 6.40. The van der Waals surface area contributed by atoms with E-state index < -0.39 is 0 Å². The predicted octanol–water partition coefficient (Wildman–Crippen LogP) is 5.73. The molecule has 0 bridgehead atoms. The zero-order valence-electron chi connectivity index (χ0n) is 15.8. The molecule has 146 valence electrons. The third-order valence-electron chi connectivity index (χ3n) is 4.41. The van der Waals surface area contributed by atoms with Gasteiger partial charge in [0.15, 0.2) is 5.16 Å². The number of fused-ring (bicyclic) bond motifs is 1. The number of halogens is 1. The molecule has 0 spiro atoms. The number of rotatable bonds is 6. The monoisotopic (exact) mass is 422 g/mol. The van der Waals surface area contributed by atoms with Gasteiger partial charge in [0.2, 0.25) is 0 Å². The molecule has 0 aliphatic rings. The topological polar surface area (TPSA) is 44.1 Å². The Bertz CT molecular complexity index is 1210. The fourth-order valence-electron chi connectivity index (χ4n) is 3.07. The van der Waals surface area contributed by atoms with Crippen LogP contribution in [0.15, 0.2) is 82.7 Å². The number of aromatic nitrogens is 2. The summed E-state index contributed by atoms with van der Waals surface area (Å²) < 4.78 is 7.18. The molecule has 3 aromatic carbocycles. The maximum atomic E-state index is 13.3. The van der Waals surface area contributed by atoms with Crippen LogP contribution in [-0.2, 0) is 5.75 Å². The van der Waals surface area contributed by atoms with Crippen molar-refractivity contribution in [3.8, 4) is 11.4 Å². The fraction of sp³-hybridized carbons (Fsp3) is 0.130. The maximum Gasteiger partial charge on any atom is 0.266 e. The predicted molar refractivity (Wildman–Crippen MR) is 120 cm³/mol. The lowest BCUT2D eigenvalue weighted by Gasteiger charge is -2.14. The number of para-hydroxylation sites is 1. The van der Waals surface area contributed by atoms with Crippen LogP contribution in [0.1, 0.15) is 12.5 Å². The first-order chi connectivity index (χ1) is 14.2. The number of hydrogen-bond acceptors (Lipinski definition) is 4. The van der Waals surface area contributed by atoms with Gasteiger partial charge in [0, 0.05) is 10.8 Å². The van der Waals surface area contributed by atoms with Gasteiger partial charge in [-0.25, -0.2) is 4.98 Å². The molecule has 1 aromatic heterocycles. The molecule has 29 heavy (non-hydrogen) atoms. The van der Waals surface area contributed by atoms with E-state index in [9.17, 15) is 4.79 Å². The molecule has 0 amide bonds. The zero-order chi connectivity index (χ0) is 20.2. The molecule has 0 N–H and O–H groups in total. The quantitative estimate of drug-likeness (QED) is 0.294. The molecule has 0 saturated heterocycles. The molecule has 0 unspecified atom stereocenters. The Labute approximate surface area is 178 Å². The van der Waals surface area contributed by atoms with Crippen LogP contribution in [0.25, 0.3) is 16.6 Å². The molecule has 4 aromatic rings. The average Bonchev–Trinajstić information content (AvgIpc) is 2.74. The number of ether oxygens (including phenoxy) is 1. The number of thioether (sulfide) groups is 1. The minimum absolute atomic E-state index is 0.0895. The SMILES string of the molecule is CCOc1ccc(-n2c(SCc3cccc(Cl)c3)nc3ccccc3c2=O)cc1. The third kappa shape index (κ3) is 4.31. The van der Waals surface area contributed by atoms with E-state index in [-0.39, 0.29) is 5.56 Å². The fourth-order valence-corrected chi connectivity index (χ4v) is 4.24. The third-order valence-corrected chi connectivity index (χ3v) is 5.65. The highest BCUT2D eigenvalue weighted by atomic mass is 35.5. The summed E-state index contributed by atoms with van der Waals surface area (Å²) in [7, 11) is 0. The largest absolute Gasteiger partial charge is 0.494 e. The van der Waals surface area contributed by atoms with Gasteiger partial charge in [-0.3, -0.25) is 9.36 Å². The van der Waals surface area contributed by atoms with E-state index in [1.165, 1.54) is 11.8 Å². The lowest BCUT2D eigenvalue weighted by molar-refractivity contribution is 0.340. The minimum atomic E-state index is -0.0895. The first-order valence-electron chi connectivity index (χ1n) is 9.28. The average molecular weight is 423 g/mol. The Hall–Kier alpha value is -2.76. The number of nitrogens with zero attached hydrogens (tertiary/aromatic N) is 2. The first kappa shape index (κ1) is 19.6. The molecule has 0 aliphatic carbocycles. The number of hydrogen-bond donors (Lipinski definition) is 0. The van der Waals surface area contributed by atoms with Crippen molar-refractivity contribution in [3.63, 3.8) is 0 Å². The van der Waals surface area contributed by atoms with Crippen molar-refractivity contribution < 1.29 is 4.74 Å². The van der Waals surface area contributed by atoms with E-state index in [4.69, 9.17) is 21.3 Å². The summed E-state index contributed by atoms with van der Waals surface area (Å²) in [6.07, 6.45) is 0. The van der Waals surface area contributed by atoms with E-state index in [1.807, 2.05) is 73.7 Å². The van der Waals surface area contributed by atoms with Crippen LogP contribution in [0.4, 0.5) is 0 Å². The van der Waals surface area contributed by atoms with Crippen LogP contribution < -0.4 is 10.3 Å². The Balaban J connectivity index is 1.79. The molecule has 0 fully saturated rings. The smallest absolute Gasteiger partial charge is 0.266 e. The summed E-state index contributed by atoms with van der Waals surface area (Å²) in [6, 6.07) is 22.6. The van der Waals surface area contributed by atoms with Crippen molar-refractivity contribution >= 4 is 34.3 Å². The van der Waals surface area contributed by atoms with Gasteiger partial charge in [0.25, 0.3) is 5.56 Å². The molecule has 4 nitrogen and oxygen atoms in total. The van der Waals surface area contributed by atoms with Gasteiger partial charge < -0.3 is 4.74 Å². The number of benzene rings is 3. The second-order valence-corrected chi connectivity index (χ2v) is 7.78. The Morgan fingerprint density at radius 3 is 2.59 bits per heavy atom. The van der Waals surface area contributed by atoms with Crippen LogP contribution in [0.2, 0.25) is 5.02 Å². The van der Waals surface area contributed by atoms with Crippen LogP contribution >= 0.6 is 23.4 Å². The van der Waals surface area contributed by atoms with Crippen LogP contribution in [0, 0.1) is 0 Å². The van der Waals surface area contributed by atoms with Gasteiger partial charge in [-0.1, -0.05) is 47.6 Å². The van der Waals surface area contributed by atoms with E-state index in [1.54, 1.807) is 10.6 Å². The molecular weight excluding hydrogens is 404 g/mol. The summed E-state index contributed by atoms with van der Waals surface area (Å²) >= 11 is 7.61. The molecule has 4 rings (SSSR count). The normalized spacial score (nSPS) is 11.0. The van der Waals surface area contributed by atoms with Gasteiger partial charge in [0.1, 0.15) is 5.75 Å². The van der Waals surface area contributed by atoms with Crippen molar-refractivity contribution in [1.82, 2.24) is 9.55 Å². The highest BCUT2D eigenvalue weighted by Crippen LogP contribution is 2.26. The molecule has 0 saturated carbocycles. The summed E-state index contributed by atoms with van der Waals surface area (Å²) in [6.45, 7) is 2.54. The van der Waals surface area contributed by atoms with E-state index in [0.29, 0.717) is 33.4 Å². The van der Waals surface area contributed by atoms with Gasteiger partial charge >= 0.3 is 0 Å². The van der Waals surface area contributed by atoms with E-state index >= 15 is 0 Å². The van der Waals surface area contributed by atoms with Crippen molar-refractivity contribution in [2.45, 2.75) is 17.8 Å². The first-order valence-corrected chi connectivity index (χ1v) is 10.6. The van der Waals surface area contributed by atoms with Crippen LogP contribution in [-0.4, -0.2) is 16.2 Å². The summed E-state index contributed by atoms with van der Waals surface area (Å²) in [5.41, 5.74) is 2.43. The summed E-state index contributed by atoms with van der Waals surface area (Å²) in [5.74, 6) is 1.42. The molecule has 1 heterocycles. The van der Waals surface area contributed by atoms with Gasteiger partial charge in [0.05, 0.1) is 23.2 Å². The van der Waals surface area contributed by atoms with Crippen LogP contribution in [0.5, 0.6) is 5.75 Å². The van der Waals surface area contributed by atoms with Gasteiger partial charge in [-0.05, 0) is 61.0 Å². The zero-order valence-corrected chi connectivity index (χ0v) is 17.4. The lowest BCUT2D eigenvalue weighted by atomic mass is 10.2. The van der Waals surface area contributed by atoms with Crippen molar-refractivity contribution in [2.75, 3.05) is 6.61 Å². The lowest BCUT2D eigenvalue weighted by Crippen LogP contribution is -2.21. The van der Waals surface area contributed by atoms with Crippen molar-refractivity contribution in [1.29, 1.82) is 0 Å². The highest BCUT2D eigenvalue weighted by Gasteiger charge is 2.13. The van der Waals surface area contributed by atoms with Crippen molar-refractivity contribution in [3.05, 3.63) is 93.7 Å². The van der Waals surface area contributed by atoms with E-state index in [2.05, 4.69) is 0 Å². The summed E-state index contributed by atoms with van der Waals surface area (Å²) in [4.78, 5) is 18.1. The maximum absolute atomic E-state index is 13.3. The second kappa shape index (κ2) is 8.72. The van der Waals surface area contributed by atoms with Crippen molar-refractivity contribution in [2.24, 2.45) is 0 Å². The molecule has 6 heteroatoms. The molecular formula is C23H19ClN2O2S. The van der Waals surface area contributed by atoms with E-state index in [0.717, 1.165) is 17.0 Å².